The van der Waals surface area contributed by atoms with E-state index >= 15 is 0 Å². The van der Waals surface area contributed by atoms with Crippen molar-refractivity contribution in [1.82, 2.24) is 0 Å². The van der Waals surface area contributed by atoms with Crippen LogP contribution in [-0.4, -0.2) is 11.4 Å². The van der Waals surface area contributed by atoms with Gasteiger partial charge in [-0.3, -0.25) is 0 Å². The summed E-state index contributed by atoms with van der Waals surface area (Å²) >= 11 is 0. The minimum atomic E-state index is 0.157. The summed E-state index contributed by atoms with van der Waals surface area (Å²) in [5, 5.41) is 0. The van der Waals surface area contributed by atoms with Crippen molar-refractivity contribution in [3.8, 4) is 22.3 Å². The van der Waals surface area contributed by atoms with Crippen molar-refractivity contribution in [2.45, 2.75) is 11.8 Å². The maximum atomic E-state index is 5.56. The van der Waals surface area contributed by atoms with E-state index in [4.69, 9.17) is 9.98 Å². The summed E-state index contributed by atoms with van der Waals surface area (Å²) in [6.45, 7) is 0. The minimum absolute atomic E-state index is 0.157. The second kappa shape index (κ2) is 12.4. The zero-order chi connectivity index (χ0) is 35.6. The van der Waals surface area contributed by atoms with Crippen LogP contribution in [0.4, 0.5) is 11.4 Å². The molecule has 54 heavy (non-hydrogen) atoms. The Morgan fingerprint density at radius 1 is 0.278 bits per heavy atom. The summed E-state index contributed by atoms with van der Waals surface area (Å²) in [6.07, 6.45) is 0. The summed E-state index contributed by atoms with van der Waals surface area (Å²) in [6, 6.07) is 70.2. The zero-order valence-electron chi connectivity index (χ0n) is 29.5. The van der Waals surface area contributed by atoms with Gasteiger partial charge in [0.2, 0.25) is 0 Å². The quantitative estimate of drug-likeness (QED) is 0.176. The van der Waals surface area contributed by atoms with Gasteiger partial charge in [0.15, 0.2) is 0 Å². The fraction of sp³-hybridized carbons (Fsp3) is 0.0385. The molecule has 0 radical (unpaired) electrons. The van der Waals surface area contributed by atoms with E-state index in [-0.39, 0.29) is 11.8 Å². The monoisotopic (exact) mass is 686 g/mol. The third kappa shape index (κ3) is 4.81. The van der Waals surface area contributed by atoms with Crippen LogP contribution in [0.25, 0.3) is 22.3 Å². The Morgan fingerprint density at radius 3 is 1.07 bits per heavy atom. The van der Waals surface area contributed by atoms with Crippen LogP contribution < -0.4 is 0 Å². The molecular weight excluding hydrogens is 653 g/mol. The smallest absolute Gasteiger partial charge is 0.0803 e. The molecule has 0 saturated heterocycles. The lowest BCUT2D eigenvalue weighted by molar-refractivity contribution is 1.01. The Labute approximate surface area is 315 Å². The number of hydrogen-bond donors (Lipinski definition) is 0. The van der Waals surface area contributed by atoms with E-state index in [9.17, 15) is 0 Å². The maximum absolute atomic E-state index is 5.56. The molecule has 0 N–H and O–H groups in total. The number of fused-ring (bicyclic) bond motifs is 8. The van der Waals surface area contributed by atoms with Crippen LogP contribution in [0.2, 0.25) is 0 Å². The first kappa shape index (κ1) is 30.7. The molecule has 0 amide bonds. The van der Waals surface area contributed by atoms with Crippen molar-refractivity contribution >= 4 is 22.8 Å². The van der Waals surface area contributed by atoms with Crippen molar-refractivity contribution in [3.05, 3.63) is 250 Å². The standard InChI is InChI=1S/C52H34N2/c1-3-15-33(16-4-1)49-41-21-9-7-19-37(41)39-29-27-35(31-45(39)49)51-43-23-11-13-25-47(43)54-52(44-24-12-14-26-48(44)53-51)36-28-30-40-38-20-8-10-22-42(38)50(46(40)32-36)34-17-5-2-6-18-34/h1-32,49-50H/b51-43?,52-44?,53-48?,53-51-,54-47?,54-52-. The molecule has 11 rings (SSSR count). The summed E-state index contributed by atoms with van der Waals surface area (Å²) in [7, 11) is 0. The van der Waals surface area contributed by atoms with Crippen LogP contribution in [0.1, 0.15) is 67.5 Å². The number of rotatable bonds is 4. The summed E-state index contributed by atoms with van der Waals surface area (Å²) in [5.41, 5.74) is 21.0. The van der Waals surface area contributed by atoms with Crippen molar-refractivity contribution < 1.29 is 0 Å². The van der Waals surface area contributed by atoms with Crippen LogP contribution in [0.15, 0.2) is 204 Å². The van der Waals surface area contributed by atoms with Crippen molar-refractivity contribution in [2.24, 2.45) is 9.98 Å². The van der Waals surface area contributed by atoms with Gasteiger partial charge in [-0.1, -0.05) is 170 Å². The summed E-state index contributed by atoms with van der Waals surface area (Å²) in [5.74, 6) is 0.314. The highest BCUT2D eigenvalue weighted by Gasteiger charge is 2.32. The second-order valence-electron chi connectivity index (χ2n) is 14.4. The molecule has 8 aromatic rings. The Morgan fingerprint density at radius 2 is 0.630 bits per heavy atom. The highest BCUT2D eigenvalue weighted by molar-refractivity contribution is 6.23. The lowest BCUT2D eigenvalue weighted by Gasteiger charge is -2.20. The number of benzene rings is 8. The minimum Gasteiger partial charge on any atom is -0.247 e. The molecule has 2 nitrogen and oxygen atoms in total. The third-order valence-electron chi connectivity index (χ3n) is 11.4. The Balaban J connectivity index is 1.08. The van der Waals surface area contributed by atoms with Crippen LogP contribution in [0.3, 0.4) is 0 Å². The van der Waals surface area contributed by atoms with Crippen LogP contribution >= 0.6 is 0 Å². The molecule has 0 bridgehead atoms. The van der Waals surface area contributed by atoms with Gasteiger partial charge in [0.1, 0.15) is 0 Å². The van der Waals surface area contributed by atoms with Gasteiger partial charge in [-0.05, 0) is 79.9 Å². The van der Waals surface area contributed by atoms with Crippen molar-refractivity contribution in [3.63, 3.8) is 0 Å². The van der Waals surface area contributed by atoms with E-state index in [1.54, 1.807) is 0 Å². The van der Waals surface area contributed by atoms with Crippen molar-refractivity contribution in [1.29, 1.82) is 0 Å². The van der Waals surface area contributed by atoms with Gasteiger partial charge < -0.3 is 0 Å². The Kier molecular flexibility index (Phi) is 7.03. The van der Waals surface area contributed by atoms with Gasteiger partial charge in [-0.15, -0.1) is 0 Å². The normalized spacial score (nSPS) is 17.9. The highest BCUT2D eigenvalue weighted by atomic mass is 14.8. The fourth-order valence-electron chi connectivity index (χ4n) is 9.06. The molecular formula is C52H34N2. The Hall–Kier alpha value is -6.90. The van der Waals surface area contributed by atoms with E-state index in [1.807, 2.05) is 0 Å². The summed E-state index contributed by atoms with van der Waals surface area (Å²) < 4.78 is 0. The van der Waals surface area contributed by atoms with Gasteiger partial charge >= 0.3 is 0 Å². The first-order valence-corrected chi connectivity index (χ1v) is 18.7. The first-order valence-electron chi connectivity index (χ1n) is 18.7. The fourth-order valence-corrected chi connectivity index (χ4v) is 9.06. The molecule has 2 unspecified atom stereocenters. The van der Waals surface area contributed by atoms with Crippen LogP contribution in [0.5, 0.6) is 0 Å². The third-order valence-corrected chi connectivity index (χ3v) is 11.4. The average molecular weight is 687 g/mol. The molecule has 1 aliphatic heterocycles. The number of hydrogen-bond acceptors (Lipinski definition) is 2. The first-order chi connectivity index (χ1) is 26.8. The van der Waals surface area contributed by atoms with Crippen LogP contribution in [-0.2, 0) is 0 Å². The molecule has 0 aromatic heterocycles. The molecule has 0 saturated carbocycles. The molecule has 2 aliphatic carbocycles. The lowest BCUT2D eigenvalue weighted by Crippen LogP contribution is -2.11. The molecule has 8 aromatic carbocycles. The molecule has 252 valence electrons. The maximum Gasteiger partial charge on any atom is 0.0803 e. The second-order valence-corrected chi connectivity index (χ2v) is 14.4. The molecule has 2 atom stereocenters. The van der Waals surface area contributed by atoms with Gasteiger partial charge in [0, 0.05) is 34.1 Å². The van der Waals surface area contributed by atoms with E-state index in [0.29, 0.717) is 0 Å². The van der Waals surface area contributed by atoms with Gasteiger partial charge in [0.05, 0.1) is 22.8 Å². The molecule has 1 heterocycles. The van der Waals surface area contributed by atoms with Gasteiger partial charge in [-0.2, -0.15) is 0 Å². The highest BCUT2D eigenvalue weighted by Crippen LogP contribution is 2.50. The average Bonchev–Trinajstić information content (AvgIpc) is 3.74. The predicted octanol–water partition coefficient (Wildman–Crippen LogP) is 12.7. The van der Waals surface area contributed by atoms with Crippen LogP contribution in [0, 0.1) is 0 Å². The van der Waals surface area contributed by atoms with Gasteiger partial charge in [0.25, 0.3) is 0 Å². The molecule has 0 spiro atoms. The molecule has 2 heteroatoms. The largest absolute Gasteiger partial charge is 0.247 e. The summed E-state index contributed by atoms with van der Waals surface area (Å²) in [4.78, 5) is 11.1. The molecule has 3 aliphatic rings. The number of nitrogens with zero attached hydrogens (tertiary/aromatic N) is 2. The van der Waals surface area contributed by atoms with E-state index in [2.05, 4.69) is 194 Å². The number of para-hydroxylation sites is 2. The van der Waals surface area contributed by atoms with E-state index in [1.165, 1.54) is 55.6 Å². The van der Waals surface area contributed by atoms with E-state index in [0.717, 1.165) is 45.1 Å². The topological polar surface area (TPSA) is 24.7 Å². The number of aliphatic imine (C=N–C) groups is 2. The van der Waals surface area contributed by atoms with Crippen molar-refractivity contribution in [2.75, 3.05) is 0 Å². The van der Waals surface area contributed by atoms with E-state index < -0.39 is 0 Å². The lowest BCUT2D eigenvalue weighted by atomic mass is 9.87. The van der Waals surface area contributed by atoms with Gasteiger partial charge in [-0.25, -0.2) is 9.98 Å². The molecule has 0 fully saturated rings. The SMILES string of the molecule is c1ccc(C2c3ccccc3-c3ccc(/C4=N/c5ccccc5/C(c5ccc6c(c5)C(c5ccccc5)c5ccccc5-6)=N\c5ccccc54)cc32)cc1. The zero-order valence-corrected chi connectivity index (χ0v) is 29.5. The Bertz CT molecular complexity index is 2630. The predicted molar refractivity (Wildman–Crippen MR) is 222 cm³/mol.